The molecule has 234 valence electrons. The number of nitrogens with zero attached hydrogens (tertiary/aromatic N) is 3. The SMILES string of the molecule is CC.CC(=O)NCCNc1nc(-c2ccccc2)nc2[nH]c(C=O)cc12.CCOC(=O)C1(c2ccccc2)CCN(C)CC1. The van der Waals surface area contributed by atoms with Gasteiger partial charge in [-0.15, -0.1) is 0 Å². The zero-order chi connectivity index (χ0) is 32.0. The Morgan fingerprint density at radius 2 is 1.64 bits per heavy atom. The Balaban J connectivity index is 0.000000236. The lowest BCUT2D eigenvalue weighted by Gasteiger charge is -2.38. The molecule has 1 aliphatic heterocycles. The van der Waals surface area contributed by atoms with Gasteiger partial charge in [-0.05, 0) is 51.5 Å². The second-order valence-corrected chi connectivity index (χ2v) is 10.2. The number of amides is 1. The van der Waals surface area contributed by atoms with Crippen LogP contribution in [0.5, 0.6) is 0 Å². The van der Waals surface area contributed by atoms with Crippen molar-refractivity contribution in [2.75, 3.05) is 45.2 Å². The Kier molecular flexibility index (Phi) is 13.0. The summed E-state index contributed by atoms with van der Waals surface area (Å²) in [6.45, 7) is 10.7. The first-order valence-corrected chi connectivity index (χ1v) is 15.2. The first kappa shape index (κ1) is 33.9. The number of piperidine rings is 1. The van der Waals surface area contributed by atoms with Gasteiger partial charge in [0.15, 0.2) is 12.1 Å². The number of hydrogen-bond donors (Lipinski definition) is 3. The summed E-state index contributed by atoms with van der Waals surface area (Å²) in [5.41, 5.74) is 2.56. The van der Waals surface area contributed by atoms with E-state index in [1.54, 1.807) is 6.07 Å². The fourth-order valence-electron chi connectivity index (χ4n) is 5.00. The van der Waals surface area contributed by atoms with Crippen LogP contribution in [0.4, 0.5) is 5.82 Å². The van der Waals surface area contributed by atoms with E-state index < -0.39 is 5.41 Å². The Bertz CT molecular complexity index is 1480. The van der Waals surface area contributed by atoms with E-state index in [-0.39, 0.29) is 11.9 Å². The van der Waals surface area contributed by atoms with Crippen LogP contribution in [0, 0.1) is 0 Å². The molecule has 1 aliphatic rings. The van der Waals surface area contributed by atoms with Crippen molar-refractivity contribution in [2.45, 2.75) is 46.0 Å². The van der Waals surface area contributed by atoms with E-state index in [4.69, 9.17) is 4.74 Å². The van der Waals surface area contributed by atoms with Crippen LogP contribution in [-0.4, -0.2) is 77.8 Å². The number of carbonyl (C=O) groups is 3. The van der Waals surface area contributed by atoms with Crippen molar-refractivity contribution in [3.63, 3.8) is 0 Å². The quantitative estimate of drug-likeness (QED) is 0.135. The van der Waals surface area contributed by atoms with Gasteiger partial charge < -0.3 is 25.3 Å². The summed E-state index contributed by atoms with van der Waals surface area (Å²) in [6, 6.07) is 21.4. The molecule has 44 heavy (non-hydrogen) atoms. The fourth-order valence-corrected chi connectivity index (χ4v) is 5.00. The second kappa shape index (κ2) is 16.9. The van der Waals surface area contributed by atoms with Gasteiger partial charge in [-0.2, -0.15) is 0 Å². The molecular weight excluding hydrogens is 556 g/mol. The van der Waals surface area contributed by atoms with Gasteiger partial charge in [-0.1, -0.05) is 74.5 Å². The number of carbonyl (C=O) groups excluding carboxylic acids is 3. The molecular formula is C34H44N6O4. The Labute approximate surface area is 259 Å². The van der Waals surface area contributed by atoms with E-state index in [1.807, 2.05) is 81.4 Å². The Morgan fingerprint density at radius 1 is 1.00 bits per heavy atom. The molecule has 0 atom stereocenters. The number of hydrogen-bond acceptors (Lipinski definition) is 8. The van der Waals surface area contributed by atoms with Crippen LogP contribution in [0.2, 0.25) is 0 Å². The zero-order valence-corrected chi connectivity index (χ0v) is 26.4. The Morgan fingerprint density at radius 3 is 2.23 bits per heavy atom. The Hall–Kier alpha value is -4.57. The van der Waals surface area contributed by atoms with Gasteiger partial charge in [0.1, 0.15) is 11.5 Å². The number of likely N-dealkylation sites (tertiary alicyclic amines) is 1. The number of aromatic amines is 1. The van der Waals surface area contributed by atoms with Gasteiger partial charge in [0.05, 0.1) is 23.1 Å². The lowest BCUT2D eigenvalue weighted by atomic mass is 9.73. The molecule has 0 bridgehead atoms. The van der Waals surface area contributed by atoms with Gasteiger partial charge in [0, 0.05) is 25.6 Å². The van der Waals surface area contributed by atoms with Crippen LogP contribution < -0.4 is 10.6 Å². The predicted octanol–water partition coefficient (Wildman–Crippen LogP) is 5.22. The van der Waals surface area contributed by atoms with Crippen LogP contribution >= 0.6 is 0 Å². The van der Waals surface area contributed by atoms with Gasteiger partial charge in [0.25, 0.3) is 0 Å². The molecule has 1 fully saturated rings. The maximum atomic E-state index is 12.4. The lowest BCUT2D eigenvalue weighted by molar-refractivity contribution is -0.152. The average Bonchev–Trinajstić information content (AvgIpc) is 3.49. The van der Waals surface area contributed by atoms with Crippen LogP contribution in [0.25, 0.3) is 22.4 Å². The number of rotatable bonds is 9. The molecule has 10 heteroatoms. The van der Waals surface area contributed by atoms with Crippen molar-refractivity contribution < 1.29 is 19.1 Å². The van der Waals surface area contributed by atoms with Crippen molar-refractivity contribution in [1.82, 2.24) is 25.2 Å². The molecule has 0 saturated carbocycles. The molecule has 1 amide bonds. The predicted molar refractivity (Wildman–Crippen MR) is 175 cm³/mol. The first-order chi connectivity index (χ1) is 21.4. The van der Waals surface area contributed by atoms with E-state index in [1.165, 1.54) is 6.92 Å². The van der Waals surface area contributed by atoms with Crippen molar-refractivity contribution in [1.29, 1.82) is 0 Å². The average molecular weight is 601 g/mol. The van der Waals surface area contributed by atoms with Crippen molar-refractivity contribution in [3.05, 3.63) is 78.0 Å². The number of fused-ring (bicyclic) bond motifs is 1. The van der Waals surface area contributed by atoms with Gasteiger partial charge in [-0.25, -0.2) is 9.97 Å². The second-order valence-electron chi connectivity index (χ2n) is 10.2. The minimum absolute atomic E-state index is 0.0655. The number of benzene rings is 2. The van der Waals surface area contributed by atoms with Crippen molar-refractivity contribution in [2.24, 2.45) is 0 Å². The molecule has 0 radical (unpaired) electrons. The van der Waals surface area contributed by atoms with Crippen LogP contribution in [-0.2, 0) is 19.7 Å². The lowest BCUT2D eigenvalue weighted by Crippen LogP contribution is -2.47. The van der Waals surface area contributed by atoms with Gasteiger partial charge in [0.2, 0.25) is 5.91 Å². The number of H-pyrrole nitrogens is 1. The maximum Gasteiger partial charge on any atom is 0.316 e. The molecule has 2 aromatic heterocycles. The molecule has 10 nitrogen and oxygen atoms in total. The third-order valence-corrected chi connectivity index (χ3v) is 7.29. The van der Waals surface area contributed by atoms with Gasteiger partial charge in [-0.3, -0.25) is 14.4 Å². The van der Waals surface area contributed by atoms with Crippen LogP contribution in [0.15, 0.2) is 66.7 Å². The summed E-state index contributed by atoms with van der Waals surface area (Å²) in [6.07, 6.45) is 2.42. The molecule has 1 saturated heterocycles. The first-order valence-electron chi connectivity index (χ1n) is 15.2. The summed E-state index contributed by atoms with van der Waals surface area (Å²) in [5.74, 6) is 1.03. The summed E-state index contributed by atoms with van der Waals surface area (Å²) in [7, 11) is 2.10. The van der Waals surface area contributed by atoms with E-state index in [0.29, 0.717) is 42.7 Å². The maximum absolute atomic E-state index is 12.4. The molecule has 0 spiro atoms. The molecule has 0 unspecified atom stereocenters. The third kappa shape index (κ3) is 8.73. The van der Waals surface area contributed by atoms with E-state index in [9.17, 15) is 14.4 Å². The van der Waals surface area contributed by atoms with E-state index in [0.717, 1.165) is 48.7 Å². The fraction of sp³-hybridized carbons (Fsp3) is 0.382. The number of nitrogens with one attached hydrogen (secondary N) is 3. The monoisotopic (exact) mass is 600 g/mol. The van der Waals surface area contributed by atoms with Crippen molar-refractivity contribution >= 4 is 35.0 Å². The highest BCUT2D eigenvalue weighted by atomic mass is 16.5. The molecule has 5 rings (SSSR count). The summed E-state index contributed by atoms with van der Waals surface area (Å²) in [4.78, 5) is 48.7. The summed E-state index contributed by atoms with van der Waals surface area (Å²) in [5, 5.41) is 6.64. The number of aldehydes is 1. The summed E-state index contributed by atoms with van der Waals surface area (Å²) >= 11 is 0. The topological polar surface area (TPSA) is 129 Å². The minimum atomic E-state index is -0.441. The molecule has 2 aromatic carbocycles. The van der Waals surface area contributed by atoms with Gasteiger partial charge >= 0.3 is 5.97 Å². The zero-order valence-electron chi connectivity index (χ0n) is 26.4. The van der Waals surface area contributed by atoms with Crippen LogP contribution in [0.3, 0.4) is 0 Å². The summed E-state index contributed by atoms with van der Waals surface area (Å²) < 4.78 is 5.32. The largest absolute Gasteiger partial charge is 0.465 e. The highest BCUT2D eigenvalue weighted by Crippen LogP contribution is 2.36. The van der Waals surface area contributed by atoms with Crippen LogP contribution in [0.1, 0.15) is 56.6 Å². The number of ether oxygens (including phenoxy) is 1. The smallest absolute Gasteiger partial charge is 0.316 e. The normalized spacial score (nSPS) is 13.8. The highest BCUT2D eigenvalue weighted by Gasteiger charge is 2.43. The van der Waals surface area contributed by atoms with E-state index in [2.05, 4.69) is 37.5 Å². The highest BCUT2D eigenvalue weighted by molar-refractivity contribution is 5.93. The van der Waals surface area contributed by atoms with Crippen molar-refractivity contribution in [3.8, 4) is 11.4 Å². The molecule has 3 heterocycles. The molecule has 3 N–H and O–H groups in total. The molecule has 4 aromatic rings. The molecule has 0 aliphatic carbocycles. The number of anilines is 1. The number of aromatic nitrogens is 3. The minimum Gasteiger partial charge on any atom is -0.465 e. The standard InChI is InChI=1S/C17H17N5O2.C15H21NO2.C2H6/c1-11(24)18-7-8-19-16-14-9-13(10-23)20-17(14)22-15(21-16)12-5-3-2-4-6-12;1-3-18-14(17)15(9-11-16(2)12-10-15)13-7-5-4-6-8-13;1-2/h2-6,9-10H,7-8H2,1H3,(H,18,24)(H2,19,20,21,22);4-8H,3,9-12H2,1-2H3;1-2H3. The van der Waals surface area contributed by atoms with E-state index >= 15 is 0 Å². The number of esters is 1. The third-order valence-electron chi connectivity index (χ3n) is 7.29.